The van der Waals surface area contributed by atoms with Crippen LogP contribution >= 0.6 is 11.3 Å². The van der Waals surface area contributed by atoms with E-state index in [1.165, 1.54) is 10.4 Å². The van der Waals surface area contributed by atoms with Gasteiger partial charge in [0.15, 0.2) is 0 Å². The zero-order chi connectivity index (χ0) is 18.1. The van der Waals surface area contributed by atoms with Crippen LogP contribution in [0.4, 0.5) is 20.2 Å². The molecule has 0 unspecified atom stereocenters. The quantitative estimate of drug-likeness (QED) is 0.715. The number of carbonyl (C=O) groups excluding carboxylic acids is 1. The van der Waals surface area contributed by atoms with Gasteiger partial charge < -0.3 is 10.2 Å². The van der Waals surface area contributed by atoms with Crippen molar-refractivity contribution in [2.24, 2.45) is 0 Å². The molecule has 26 heavy (non-hydrogen) atoms. The Morgan fingerprint density at radius 1 is 1.08 bits per heavy atom. The zero-order valence-electron chi connectivity index (χ0n) is 13.8. The fourth-order valence-electron chi connectivity index (χ4n) is 3.10. The topological polar surface area (TPSA) is 32.3 Å². The summed E-state index contributed by atoms with van der Waals surface area (Å²) in [6.45, 7) is 1.84. The number of thiophene rings is 1. The molecule has 0 saturated carbocycles. The summed E-state index contributed by atoms with van der Waals surface area (Å²) in [7, 11) is 0. The highest BCUT2D eigenvalue weighted by molar-refractivity contribution is 7.10. The molecule has 4 rings (SSSR count). The monoisotopic (exact) mass is 370 g/mol. The van der Waals surface area contributed by atoms with Crippen molar-refractivity contribution in [3.05, 3.63) is 81.5 Å². The van der Waals surface area contributed by atoms with E-state index in [9.17, 15) is 13.6 Å². The molecule has 0 radical (unpaired) electrons. The second-order valence-corrected chi connectivity index (χ2v) is 7.17. The molecule has 1 amide bonds. The predicted octanol–water partition coefficient (Wildman–Crippen LogP) is 4.84. The van der Waals surface area contributed by atoms with Crippen molar-refractivity contribution in [2.45, 2.75) is 13.0 Å². The van der Waals surface area contributed by atoms with Crippen LogP contribution in [-0.4, -0.2) is 12.5 Å². The highest BCUT2D eigenvalue weighted by atomic mass is 32.1. The van der Waals surface area contributed by atoms with Crippen molar-refractivity contribution in [2.75, 3.05) is 16.8 Å². The van der Waals surface area contributed by atoms with E-state index < -0.39 is 17.5 Å². The molecule has 1 aliphatic rings. The number of anilines is 2. The molecule has 2 heterocycles. The number of nitrogens with zero attached hydrogens (tertiary/aromatic N) is 1. The van der Waals surface area contributed by atoms with Crippen molar-refractivity contribution in [1.29, 1.82) is 0 Å². The van der Waals surface area contributed by atoms with Crippen LogP contribution in [0.15, 0.2) is 53.9 Å². The zero-order valence-corrected chi connectivity index (χ0v) is 14.7. The SMILES string of the molecule is O=C(Nc1ccc(N2CCc3sccc3C2)cc1)c1ccc(F)cc1F. The fourth-order valence-corrected chi connectivity index (χ4v) is 3.99. The molecule has 0 fully saturated rings. The Kier molecular flexibility index (Phi) is 4.42. The summed E-state index contributed by atoms with van der Waals surface area (Å²) in [5.41, 5.74) is 2.82. The Balaban J connectivity index is 1.45. The third-order valence-electron chi connectivity index (χ3n) is 4.47. The van der Waals surface area contributed by atoms with Gasteiger partial charge in [-0.05, 0) is 59.8 Å². The van der Waals surface area contributed by atoms with Gasteiger partial charge in [-0.15, -0.1) is 11.3 Å². The van der Waals surface area contributed by atoms with Gasteiger partial charge in [0, 0.05) is 35.4 Å². The predicted molar refractivity (Wildman–Crippen MR) is 99.8 cm³/mol. The lowest BCUT2D eigenvalue weighted by Crippen LogP contribution is -2.29. The summed E-state index contributed by atoms with van der Waals surface area (Å²) in [4.78, 5) is 15.9. The highest BCUT2D eigenvalue weighted by Crippen LogP contribution is 2.28. The smallest absolute Gasteiger partial charge is 0.258 e. The van der Waals surface area contributed by atoms with Gasteiger partial charge in [-0.3, -0.25) is 4.79 Å². The molecule has 0 aliphatic carbocycles. The second kappa shape index (κ2) is 6.88. The van der Waals surface area contributed by atoms with E-state index in [4.69, 9.17) is 0 Å². The number of hydrogen-bond acceptors (Lipinski definition) is 3. The van der Waals surface area contributed by atoms with Crippen LogP contribution in [0.5, 0.6) is 0 Å². The third-order valence-corrected chi connectivity index (χ3v) is 5.50. The van der Waals surface area contributed by atoms with Gasteiger partial charge in [0.25, 0.3) is 5.91 Å². The number of fused-ring (bicyclic) bond motifs is 1. The molecule has 6 heteroatoms. The lowest BCUT2D eigenvalue weighted by Gasteiger charge is -2.29. The van der Waals surface area contributed by atoms with E-state index in [0.717, 1.165) is 37.3 Å². The number of nitrogens with one attached hydrogen (secondary N) is 1. The normalized spacial score (nSPS) is 13.4. The van der Waals surface area contributed by atoms with E-state index in [1.807, 2.05) is 12.1 Å². The average Bonchev–Trinajstić information content (AvgIpc) is 3.10. The van der Waals surface area contributed by atoms with E-state index >= 15 is 0 Å². The summed E-state index contributed by atoms with van der Waals surface area (Å²) in [6, 6.07) is 12.5. The average molecular weight is 370 g/mol. The fraction of sp³-hybridized carbons (Fsp3) is 0.150. The van der Waals surface area contributed by atoms with Gasteiger partial charge in [-0.1, -0.05) is 0 Å². The number of halogens is 2. The van der Waals surface area contributed by atoms with Crippen LogP contribution in [0.1, 0.15) is 20.8 Å². The molecular weight excluding hydrogens is 354 g/mol. The lowest BCUT2D eigenvalue weighted by atomic mass is 10.1. The molecule has 0 spiro atoms. The molecule has 0 saturated heterocycles. The Hall–Kier alpha value is -2.73. The minimum atomic E-state index is -0.876. The Labute approximate surface area is 153 Å². The second-order valence-electron chi connectivity index (χ2n) is 6.17. The summed E-state index contributed by atoms with van der Waals surface area (Å²) < 4.78 is 26.7. The van der Waals surface area contributed by atoms with Crippen molar-refractivity contribution in [1.82, 2.24) is 0 Å². The summed E-state index contributed by atoms with van der Waals surface area (Å²) in [5.74, 6) is -2.19. The van der Waals surface area contributed by atoms with Gasteiger partial charge in [0.05, 0.1) is 5.56 Å². The Morgan fingerprint density at radius 2 is 1.88 bits per heavy atom. The molecule has 0 atom stereocenters. The first kappa shape index (κ1) is 16.7. The van der Waals surface area contributed by atoms with E-state index in [1.54, 1.807) is 23.5 Å². The molecule has 3 aromatic rings. The summed E-state index contributed by atoms with van der Waals surface area (Å²) >= 11 is 1.80. The first-order valence-electron chi connectivity index (χ1n) is 8.27. The van der Waals surface area contributed by atoms with E-state index in [-0.39, 0.29) is 5.56 Å². The summed E-state index contributed by atoms with van der Waals surface area (Å²) in [6.07, 6.45) is 1.04. The van der Waals surface area contributed by atoms with Crippen LogP contribution in [0.3, 0.4) is 0 Å². The van der Waals surface area contributed by atoms with Crippen LogP contribution in [0, 0.1) is 11.6 Å². The largest absolute Gasteiger partial charge is 0.367 e. The Bertz CT molecular complexity index is 953. The van der Waals surface area contributed by atoms with Gasteiger partial charge in [-0.2, -0.15) is 0 Å². The van der Waals surface area contributed by atoms with Gasteiger partial charge in [0.2, 0.25) is 0 Å². The van der Waals surface area contributed by atoms with Crippen molar-refractivity contribution < 1.29 is 13.6 Å². The maximum absolute atomic E-state index is 13.7. The highest BCUT2D eigenvalue weighted by Gasteiger charge is 2.18. The first-order chi connectivity index (χ1) is 12.6. The number of amides is 1. The summed E-state index contributed by atoms with van der Waals surface area (Å²) in [5, 5.41) is 4.77. The van der Waals surface area contributed by atoms with Crippen LogP contribution in [0.25, 0.3) is 0 Å². The minimum absolute atomic E-state index is 0.184. The molecule has 1 N–H and O–H groups in total. The maximum Gasteiger partial charge on any atom is 0.258 e. The lowest BCUT2D eigenvalue weighted by molar-refractivity contribution is 0.102. The Morgan fingerprint density at radius 3 is 2.65 bits per heavy atom. The van der Waals surface area contributed by atoms with Crippen LogP contribution in [0.2, 0.25) is 0 Å². The third kappa shape index (κ3) is 3.32. The van der Waals surface area contributed by atoms with Gasteiger partial charge >= 0.3 is 0 Å². The van der Waals surface area contributed by atoms with Gasteiger partial charge in [0.1, 0.15) is 11.6 Å². The van der Waals surface area contributed by atoms with E-state index in [2.05, 4.69) is 21.7 Å². The number of benzene rings is 2. The molecular formula is C20H16F2N2OS. The van der Waals surface area contributed by atoms with Crippen LogP contribution in [-0.2, 0) is 13.0 Å². The molecule has 1 aromatic heterocycles. The van der Waals surface area contributed by atoms with E-state index in [0.29, 0.717) is 11.8 Å². The molecule has 1 aliphatic heterocycles. The minimum Gasteiger partial charge on any atom is -0.367 e. The number of hydrogen-bond donors (Lipinski definition) is 1. The van der Waals surface area contributed by atoms with Gasteiger partial charge in [-0.25, -0.2) is 8.78 Å². The van der Waals surface area contributed by atoms with Crippen molar-refractivity contribution in [3.63, 3.8) is 0 Å². The standard InChI is InChI=1S/C20H16F2N2OS/c21-14-1-6-17(18(22)11-14)20(25)23-15-2-4-16(5-3-15)24-9-7-19-13(12-24)8-10-26-19/h1-6,8,10-11H,7,9,12H2,(H,23,25). The van der Waals surface area contributed by atoms with Crippen molar-refractivity contribution >= 4 is 28.6 Å². The number of rotatable bonds is 3. The first-order valence-corrected chi connectivity index (χ1v) is 9.15. The maximum atomic E-state index is 13.7. The molecule has 132 valence electrons. The van der Waals surface area contributed by atoms with Crippen molar-refractivity contribution in [3.8, 4) is 0 Å². The molecule has 2 aromatic carbocycles. The van der Waals surface area contributed by atoms with Crippen LogP contribution < -0.4 is 10.2 Å². The molecule has 0 bridgehead atoms. The molecule has 3 nitrogen and oxygen atoms in total. The number of carbonyl (C=O) groups is 1.